The van der Waals surface area contributed by atoms with Gasteiger partial charge in [0, 0.05) is 11.6 Å². The Kier molecular flexibility index (Phi) is 4.58. The number of ether oxygens (including phenoxy) is 2. The van der Waals surface area contributed by atoms with E-state index in [2.05, 4.69) is 0 Å². The highest BCUT2D eigenvalue weighted by molar-refractivity contribution is 5.42. The first-order chi connectivity index (χ1) is 9.60. The normalized spacial score (nSPS) is 12.0. The molecule has 0 heterocycles. The molecule has 20 heavy (non-hydrogen) atoms. The van der Waals surface area contributed by atoms with E-state index in [1.807, 2.05) is 0 Å². The molecule has 0 spiro atoms. The second-order valence-electron chi connectivity index (χ2n) is 4.50. The molecule has 0 radical (unpaired) electrons. The molecule has 0 fully saturated rings. The van der Waals surface area contributed by atoms with Crippen LogP contribution in [0.1, 0.15) is 24.2 Å². The van der Waals surface area contributed by atoms with Crippen LogP contribution in [0.15, 0.2) is 42.5 Å². The number of hydrogen-bond acceptors (Lipinski definition) is 3. The van der Waals surface area contributed by atoms with Crippen LogP contribution >= 0.6 is 0 Å². The largest absolute Gasteiger partial charge is 0.497 e. The molecule has 2 aromatic rings. The maximum Gasteiger partial charge on any atom is 0.129 e. The van der Waals surface area contributed by atoms with Gasteiger partial charge in [0.05, 0.1) is 13.2 Å². The predicted octanol–water partition coefficient (Wildman–Crippen LogP) is 3.47. The fourth-order valence-electron chi connectivity index (χ4n) is 1.90. The van der Waals surface area contributed by atoms with Crippen LogP contribution in [0, 0.1) is 5.82 Å². The van der Waals surface area contributed by atoms with Gasteiger partial charge in [-0.3, -0.25) is 0 Å². The number of rotatable bonds is 5. The minimum atomic E-state index is -0.650. The van der Waals surface area contributed by atoms with Gasteiger partial charge in [-0.25, -0.2) is 4.39 Å². The Bertz CT molecular complexity index is 582. The van der Waals surface area contributed by atoms with Gasteiger partial charge in [-0.1, -0.05) is 12.1 Å². The molecular formula is C16H17FO3. The lowest BCUT2D eigenvalue weighted by atomic mass is 10.1. The standard InChI is InChI=1S/C16H17FO3/c1-11(18)15-7-6-14(19-2)9-16(15)20-10-12-4-3-5-13(17)8-12/h3-9,11,18H,10H2,1-2H3/t11-/m0/s1. The van der Waals surface area contributed by atoms with Crippen LogP contribution in [-0.4, -0.2) is 12.2 Å². The van der Waals surface area contributed by atoms with Gasteiger partial charge in [0.15, 0.2) is 0 Å². The van der Waals surface area contributed by atoms with E-state index in [1.165, 1.54) is 12.1 Å². The smallest absolute Gasteiger partial charge is 0.129 e. The monoisotopic (exact) mass is 276 g/mol. The molecule has 1 N–H and O–H groups in total. The Morgan fingerprint density at radius 1 is 1.20 bits per heavy atom. The average Bonchev–Trinajstić information content (AvgIpc) is 2.44. The van der Waals surface area contributed by atoms with E-state index in [4.69, 9.17) is 9.47 Å². The Morgan fingerprint density at radius 3 is 2.65 bits per heavy atom. The second kappa shape index (κ2) is 6.39. The summed E-state index contributed by atoms with van der Waals surface area (Å²) in [4.78, 5) is 0. The summed E-state index contributed by atoms with van der Waals surface area (Å²) >= 11 is 0. The zero-order valence-electron chi connectivity index (χ0n) is 11.5. The van der Waals surface area contributed by atoms with Gasteiger partial charge in [0.2, 0.25) is 0 Å². The maximum absolute atomic E-state index is 13.1. The van der Waals surface area contributed by atoms with Crippen LogP contribution in [0.5, 0.6) is 11.5 Å². The summed E-state index contributed by atoms with van der Waals surface area (Å²) < 4.78 is 23.9. The van der Waals surface area contributed by atoms with Gasteiger partial charge in [0.25, 0.3) is 0 Å². The van der Waals surface area contributed by atoms with E-state index in [0.717, 1.165) is 5.56 Å². The molecule has 2 aromatic carbocycles. The van der Waals surface area contributed by atoms with E-state index in [0.29, 0.717) is 17.1 Å². The summed E-state index contributed by atoms with van der Waals surface area (Å²) in [6.07, 6.45) is -0.650. The lowest BCUT2D eigenvalue weighted by Gasteiger charge is -2.14. The summed E-state index contributed by atoms with van der Waals surface area (Å²) in [7, 11) is 1.56. The molecule has 1 atom stereocenters. The van der Waals surface area contributed by atoms with Gasteiger partial charge in [-0.2, -0.15) is 0 Å². The van der Waals surface area contributed by atoms with Crippen molar-refractivity contribution in [3.8, 4) is 11.5 Å². The van der Waals surface area contributed by atoms with Crippen LogP contribution in [-0.2, 0) is 6.61 Å². The minimum Gasteiger partial charge on any atom is -0.497 e. The fraction of sp³-hybridized carbons (Fsp3) is 0.250. The molecule has 4 heteroatoms. The molecule has 0 saturated heterocycles. The molecule has 0 aliphatic carbocycles. The van der Waals surface area contributed by atoms with Crippen molar-refractivity contribution < 1.29 is 19.0 Å². The molecule has 0 unspecified atom stereocenters. The molecule has 0 aromatic heterocycles. The van der Waals surface area contributed by atoms with Crippen molar-refractivity contribution in [1.29, 1.82) is 0 Å². The van der Waals surface area contributed by atoms with E-state index in [9.17, 15) is 9.50 Å². The minimum absolute atomic E-state index is 0.227. The van der Waals surface area contributed by atoms with Gasteiger partial charge in [-0.15, -0.1) is 0 Å². The molecule has 0 aliphatic heterocycles. The Morgan fingerprint density at radius 2 is 2.00 bits per heavy atom. The van der Waals surface area contributed by atoms with Crippen molar-refractivity contribution in [3.05, 3.63) is 59.4 Å². The zero-order chi connectivity index (χ0) is 14.5. The number of halogens is 1. The Balaban J connectivity index is 2.19. The van der Waals surface area contributed by atoms with Crippen molar-refractivity contribution in [2.75, 3.05) is 7.11 Å². The van der Waals surface area contributed by atoms with Crippen LogP contribution < -0.4 is 9.47 Å². The number of methoxy groups -OCH3 is 1. The first-order valence-electron chi connectivity index (χ1n) is 6.33. The molecular weight excluding hydrogens is 259 g/mol. The number of benzene rings is 2. The molecule has 0 amide bonds. The number of hydrogen-bond donors (Lipinski definition) is 1. The maximum atomic E-state index is 13.1. The lowest BCUT2D eigenvalue weighted by Crippen LogP contribution is -2.01. The molecule has 0 saturated carbocycles. The Labute approximate surface area is 117 Å². The van der Waals surface area contributed by atoms with Crippen molar-refractivity contribution >= 4 is 0 Å². The van der Waals surface area contributed by atoms with Gasteiger partial charge in [-0.05, 0) is 36.8 Å². The highest BCUT2D eigenvalue weighted by Gasteiger charge is 2.11. The second-order valence-corrected chi connectivity index (χ2v) is 4.50. The van der Waals surface area contributed by atoms with E-state index >= 15 is 0 Å². The van der Waals surface area contributed by atoms with E-state index in [1.54, 1.807) is 44.4 Å². The third kappa shape index (κ3) is 3.48. The summed E-state index contributed by atoms with van der Waals surface area (Å²) in [6.45, 7) is 1.89. The quantitative estimate of drug-likeness (QED) is 0.908. The lowest BCUT2D eigenvalue weighted by molar-refractivity contribution is 0.190. The summed E-state index contributed by atoms with van der Waals surface area (Å²) in [5, 5.41) is 9.73. The van der Waals surface area contributed by atoms with Crippen LogP contribution in [0.25, 0.3) is 0 Å². The molecule has 3 nitrogen and oxygen atoms in total. The molecule has 2 rings (SSSR count). The highest BCUT2D eigenvalue weighted by atomic mass is 19.1. The SMILES string of the molecule is COc1ccc([C@H](C)O)c(OCc2cccc(F)c2)c1. The average molecular weight is 276 g/mol. The van der Waals surface area contributed by atoms with Crippen molar-refractivity contribution in [2.45, 2.75) is 19.6 Å². The van der Waals surface area contributed by atoms with Crippen molar-refractivity contribution in [3.63, 3.8) is 0 Å². The molecule has 0 aliphatic rings. The third-order valence-corrected chi connectivity index (χ3v) is 2.95. The summed E-state index contributed by atoms with van der Waals surface area (Å²) in [6, 6.07) is 11.4. The molecule has 106 valence electrons. The number of aliphatic hydroxyl groups is 1. The van der Waals surface area contributed by atoms with Gasteiger partial charge < -0.3 is 14.6 Å². The van der Waals surface area contributed by atoms with E-state index in [-0.39, 0.29) is 12.4 Å². The van der Waals surface area contributed by atoms with E-state index < -0.39 is 6.10 Å². The summed E-state index contributed by atoms with van der Waals surface area (Å²) in [5.74, 6) is 0.875. The van der Waals surface area contributed by atoms with Gasteiger partial charge >= 0.3 is 0 Å². The zero-order valence-corrected chi connectivity index (χ0v) is 11.5. The number of aliphatic hydroxyl groups excluding tert-OH is 1. The fourth-order valence-corrected chi connectivity index (χ4v) is 1.90. The van der Waals surface area contributed by atoms with Crippen LogP contribution in [0.3, 0.4) is 0 Å². The first kappa shape index (κ1) is 14.3. The van der Waals surface area contributed by atoms with Crippen molar-refractivity contribution in [2.24, 2.45) is 0 Å². The predicted molar refractivity (Wildman–Crippen MR) is 74.4 cm³/mol. The van der Waals surface area contributed by atoms with Crippen molar-refractivity contribution in [1.82, 2.24) is 0 Å². The topological polar surface area (TPSA) is 38.7 Å². The summed E-state index contributed by atoms with van der Waals surface area (Å²) in [5.41, 5.74) is 1.39. The highest BCUT2D eigenvalue weighted by Crippen LogP contribution is 2.30. The van der Waals surface area contributed by atoms with Gasteiger partial charge in [0.1, 0.15) is 23.9 Å². The third-order valence-electron chi connectivity index (χ3n) is 2.95. The first-order valence-corrected chi connectivity index (χ1v) is 6.33. The van der Waals surface area contributed by atoms with Crippen LogP contribution in [0.4, 0.5) is 4.39 Å². The Hall–Kier alpha value is -2.07. The van der Waals surface area contributed by atoms with Crippen LogP contribution in [0.2, 0.25) is 0 Å². The molecule has 0 bridgehead atoms.